The highest BCUT2D eigenvalue weighted by Gasteiger charge is 2.27. The third-order valence-electron chi connectivity index (χ3n) is 3.25. The number of amides is 2. The first-order valence-electron chi connectivity index (χ1n) is 6.70. The number of nitrogens with one attached hydrogen (secondary N) is 2. The highest BCUT2D eigenvalue weighted by molar-refractivity contribution is 5.95. The fourth-order valence-corrected chi connectivity index (χ4v) is 2.25. The van der Waals surface area contributed by atoms with Gasteiger partial charge >= 0.3 is 0 Å². The Labute approximate surface area is 117 Å². The number of hydrogen-bond acceptors (Lipinski definition) is 4. The van der Waals surface area contributed by atoms with E-state index in [0.717, 1.165) is 17.9 Å². The van der Waals surface area contributed by atoms with Crippen LogP contribution in [0, 0.1) is 0 Å². The van der Waals surface area contributed by atoms with Gasteiger partial charge in [0.25, 0.3) is 0 Å². The van der Waals surface area contributed by atoms with Crippen molar-refractivity contribution in [2.45, 2.75) is 32.2 Å². The Morgan fingerprint density at radius 1 is 1.15 bits per heavy atom. The van der Waals surface area contributed by atoms with Crippen LogP contribution in [0.1, 0.15) is 26.2 Å². The Kier molecular flexibility index (Phi) is 4.70. The van der Waals surface area contributed by atoms with Gasteiger partial charge in [0.1, 0.15) is 6.04 Å². The standard InChI is InChI=1S/C14H19N3O3/c1-10(18)15-11-5-7-12(8-6-11)16-14(19)13-4-2-3-9-17(13)20/h5-8,13,20H,2-4,9H2,1H3,(H,15,18)(H,16,19). The van der Waals surface area contributed by atoms with Crippen molar-refractivity contribution in [3.8, 4) is 0 Å². The number of anilines is 2. The number of benzene rings is 1. The van der Waals surface area contributed by atoms with Gasteiger partial charge in [0.05, 0.1) is 0 Å². The van der Waals surface area contributed by atoms with Crippen molar-refractivity contribution in [2.24, 2.45) is 0 Å². The number of nitrogens with zero attached hydrogens (tertiary/aromatic N) is 1. The van der Waals surface area contributed by atoms with E-state index >= 15 is 0 Å². The molecule has 20 heavy (non-hydrogen) atoms. The second-order valence-corrected chi connectivity index (χ2v) is 4.92. The molecule has 1 heterocycles. The van der Waals surface area contributed by atoms with Crippen molar-refractivity contribution in [1.29, 1.82) is 0 Å². The molecule has 1 unspecified atom stereocenters. The van der Waals surface area contributed by atoms with E-state index in [1.54, 1.807) is 24.3 Å². The van der Waals surface area contributed by atoms with E-state index in [-0.39, 0.29) is 11.8 Å². The molecule has 0 aliphatic carbocycles. The van der Waals surface area contributed by atoms with Gasteiger partial charge in [-0.3, -0.25) is 9.59 Å². The molecule has 1 fully saturated rings. The zero-order valence-corrected chi connectivity index (χ0v) is 11.4. The quantitative estimate of drug-likeness (QED) is 0.787. The first kappa shape index (κ1) is 14.5. The topological polar surface area (TPSA) is 81.7 Å². The molecule has 1 atom stereocenters. The predicted molar refractivity (Wildman–Crippen MR) is 75.5 cm³/mol. The van der Waals surface area contributed by atoms with Crippen LogP contribution in [0.15, 0.2) is 24.3 Å². The summed E-state index contributed by atoms with van der Waals surface area (Å²) in [5, 5.41) is 16.2. The first-order chi connectivity index (χ1) is 9.56. The first-order valence-corrected chi connectivity index (χ1v) is 6.70. The molecule has 0 aromatic heterocycles. The molecule has 108 valence electrons. The van der Waals surface area contributed by atoms with Gasteiger partial charge < -0.3 is 15.8 Å². The van der Waals surface area contributed by atoms with Crippen LogP contribution in [0.5, 0.6) is 0 Å². The Bertz CT molecular complexity index is 487. The highest BCUT2D eigenvalue weighted by Crippen LogP contribution is 2.18. The molecule has 6 heteroatoms. The van der Waals surface area contributed by atoms with E-state index in [1.807, 2.05) is 0 Å². The van der Waals surface area contributed by atoms with Gasteiger partial charge in [-0.05, 0) is 43.5 Å². The number of rotatable bonds is 3. The van der Waals surface area contributed by atoms with Crippen LogP contribution in [-0.4, -0.2) is 34.7 Å². The minimum Gasteiger partial charge on any atom is -0.326 e. The van der Waals surface area contributed by atoms with Gasteiger partial charge in [0.2, 0.25) is 11.8 Å². The summed E-state index contributed by atoms with van der Waals surface area (Å²) in [4.78, 5) is 23.0. The molecule has 0 saturated carbocycles. The number of carbonyl (C=O) groups is 2. The van der Waals surface area contributed by atoms with E-state index in [9.17, 15) is 14.8 Å². The van der Waals surface area contributed by atoms with Crippen LogP contribution in [0.4, 0.5) is 11.4 Å². The molecule has 1 aromatic rings. The lowest BCUT2D eigenvalue weighted by molar-refractivity contribution is -0.158. The number of hydrogen-bond donors (Lipinski definition) is 3. The van der Waals surface area contributed by atoms with Crippen molar-refractivity contribution in [3.63, 3.8) is 0 Å². The normalized spacial score (nSPS) is 19.4. The summed E-state index contributed by atoms with van der Waals surface area (Å²) in [5.41, 5.74) is 1.32. The van der Waals surface area contributed by atoms with E-state index < -0.39 is 6.04 Å². The van der Waals surface area contributed by atoms with Crippen molar-refractivity contribution < 1.29 is 14.8 Å². The number of piperidine rings is 1. The molecule has 1 aliphatic rings. The maximum atomic E-state index is 12.1. The van der Waals surface area contributed by atoms with Crippen LogP contribution in [-0.2, 0) is 9.59 Å². The molecular weight excluding hydrogens is 258 g/mol. The van der Waals surface area contributed by atoms with Gasteiger partial charge in [-0.2, -0.15) is 5.06 Å². The van der Waals surface area contributed by atoms with Gasteiger partial charge in [0.15, 0.2) is 0 Å². The SMILES string of the molecule is CC(=O)Nc1ccc(NC(=O)C2CCCCN2O)cc1. The summed E-state index contributed by atoms with van der Waals surface area (Å²) in [6, 6.07) is 6.38. The lowest BCUT2D eigenvalue weighted by atomic mass is 10.0. The van der Waals surface area contributed by atoms with Gasteiger partial charge in [-0.25, -0.2) is 0 Å². The van der Waals surface area contributed by atoms with Crippen LogP contribution in [0.25, 0.3) is 0 Å². The van der Waals surface area contributed by atoms with Crippen LogP contribution < -0.4 is 10.6 Å². The third kappa shape index (κ3) is 3.79. The van der Waals surface area contributed by atoms with Crippen LogP contribution in [0.3, 0.4) is 0 Å². The zero-order valence-electron chi connectivity index (χ0n) is 11.4. The highest BCUT2D eigenvalue weighted by atomic mass is 16.5. The summed E-state index contributed by atoms with van der Waals surface area (Å²) in [6.07, 6.45) is 2.51. The van der Waals surface area contributed by atoms with Crippen LogP contribution >= 0.6 is 0 Å². The maximum absolute atomic E-state index is 12.1. The van der Waals surface area contributed by atoms with E-state index in [2.05, 4.69) is 10.6 Å². The minimum atomic E-state index is -0.487. The molecule has 1 aromatic carbocycles. The maximum Gasteiger partial charge on any atom is 0.244 e. The average molecular weight is 277 g/mol. The second-order valence-electron chi connectivity index (χ2n) is 4.92. The van der Waals surface area contributed by atoms with E-state index in [0.29, 0.717) is 24.3 Å². The van der Waals surface area contributed by atoms with Gasteiger partial charge in [-0.1, -0.05) is 0 Å². The van der Waals surface area contributed by atoms with Crippen molar-refractivity contribution >= 4 is 23.2 Å². The van der Waals surface area contributed by atoms with E-state index in [1.165, 1.54) is 6.92 Å². The summed E-state index contributed by atoms with van der Waals surface area (Å²) in [6.45, 7) is 1.97. The second kappa shape index (κ2) is 6.49. The molecule has 1 aliphatic heterocycles. The Hall–Kier alpha value is -1.92. The molecular formula is C14H19N3O3. The summed E-state index contributed by atoms with van der Waals surface area (Å²) in [5.74, 6) is -0.348. The van der Waals surface area contributed by atoms with Crippen LogP contribution in [0.2, 0.25) is 0 Å². The van der Waals surface area contributed by atoms with Crippen molar-refractivity contribution in [3.05, 3.63) is 24.3 Å². The molecule has 1 saturated heterocycles. The summed E-state index contributed by atoms with van der Waals surface area (Å²) in [7, 11) is 0. The minimum absolute atomic E-state index is 0.139. The molecule has 6 nitrogen and oxygen atoms in total. The van der Waals surface area contributed by atoms with Crippen molar-refractivity contribution in [1.82, 2.24) is 5.06 Å². The number of hydroxylamine groups is 2. The zero-order chi connectivity index (χ0) is 14.5. The lowest BCUT2D eigenvalue weighted by Gasteiger charge is -2.29. The molecule has 3 N–H and O–H groups in total. The van der Waals surface area contributed by atoms with Gasteiger partial charge in [-0.15, -0.1) is 0 Å². The van der Waals surface area contributed by atoms with Gasteiger partial charge in [0, 0.05) is 24.8 Å². The van der Waals surface area contributed by atoms with E-state index in [4.69, 9.17) is 0 Å². The Balaban J connectivity index is 1.95. The molecule has 0 spiro atoms. The Morgan fingerprint density at radius 3 is 2.30 bits per heavy atom. The largest absolute Gasteiger partial charge is 0.326 e. The molecule has 0 radical (unpaired) electrons. The summed E-state index contributed by atoms with van der Waals surface area (Å²) >= 11 is 0. The number of carbonyl (C=O) groups excluding carboxylic acids is 2. The molecule has 2 amide bonds. The third-order valence-corrected chi connectivity index (χ3v) is 3.25. The fraction of sp³-hybridized carbons (Fsp3) is 0.429. The monoisotopic (exact) mass is 277 g/mol. The molecule has 2 rings (SSSR count). The summed E-state index contributed by atoms with van der Waals surface area (Å²) < 4.78 is 0. The van der Waals surface area contributed by atoms with Crippen molar-refractivity contribution in [2.75, 3.05) is 17.2 Å². The lowest BCUT2D eigenvalue weighted by Crippen LogP contribution is -2.45. The molecule has 0 bridgehead atoms. The fourth-order valence-electron chi connectivity index (χ4n) is 2.25. The smallest absolute Gasteiger partial charge is 0.244 e. The predicted octanol–water partition coefficient (Wildman–Crippen LogP) is 1.83. The Morgan fingerprint density at radius 2 is 1.75 bits per heavy atom. The average Bonchev–Trinajstić information content (AvgIpc) is 2.41.